The van der Waals surface area contributed by atoms with Crippen LogP contribution in [0.5, 0.6) is 0 Å². The lowest BCUT2D eigenvalue weighted by Crippen LogP contribution is -2.50. The summed E-state index contributed by atoms with van der Waals surface area (Å²) in [7, 11) is 0. The summed E-state index contributed by atoms with van der Waals surface area (Å²) in [5, 5.41) is 8.46. The van der Waals surface area contributed by atoms with Crippen molar-refractivity contribution < 1.29 is 19.4 Å². The first-order chi connectivity index (χ1) is 7.13. The second kappa shape index (κ2) is 5.38. The van der Waals surface area contributed by atoms with Crippen molar-refractivity contribution in [3.8, 4) is 0 Å². The number of likely N-dealkylation sites (tertiary alicyclic amines) is 1. The molecule has 0 saturated carbocycles. The van der Waals surface area contributed by atoms with E-state index in [1.54, 1.807) is 4.90 Å². The zero-order valence-corrected chi connectivity index (χ0v) is 8.52. The zero-order valence-electron chi connectivity index (χ0n) is 8.52. The topological polar surface area (TPSA) is 66.8 Å². The van der Waals surface area contributed by atoms with Gasteiger partial charge in [-0.25, -0.2) is 4.79 Å². The van der Waals surface area contributed by atoms with E-state index >= 15 is 0 Å². The van der Waals surface area contributed by atoms with E-state index in [-0.39, 0.29) is 19.1 Å². The highest BCUT2D eigenvalue weighted by Gasteiger charge is 2.31. The molecule has 1 aliphatic rings. The van der Waals surface area contributed by atoms with Gasteiger partial charge < -0.3 is 14.7 Å². The molecule has 84 valence electrons. The van der Waals surface area contributed by atoms with Crippen LogP contribution in [0.3, 0.4) is 0 Å². The smallest absolute Gasteiger partial charge is 0.410 e. The first-order valence-corrected chi connectivity index (χ1v) is 4.88. The molecule has 1 fully saturated rings. The summed E-state index contributed by atoms with van der Waals surface area (Å²) < 4.78 is 4.82. The van der Waals surface area contributed by atoms with Gasteiger partial charge in [0.05, 0.1) is 0 Å². The van der Waals surface area contributed by atoms with E-state index in [4.69, 9.17) is 9.84 Å². The average molecular weight is 213 g/mol. The summed E-state index contributed by atoms with van der Waals surface area (Å²) >= 11 is 0. The van der Waals surface area contributed by atoms with Crippen LogP contribution in [0.1, 0.15) is 12.8 Å². The van der Waals surface area contributed by atoms with Crippen molar-refractivity contribution in [2.45, 2.75) is 12.8 Å². The Balaban J connectivity index is 2.11. The van der Waals surface area contributed by atoms with Crippen molar-refractivity contribution in [2.24, 2.45) is 5.92 Å². The van der Waals surface area contributed by atoms with Gasteiger partial charge >= 0.3 is 12.1 Å². The number of carbonyl (C=O) groups is 2. The standard InChI is InChI=1S/C10H15NO4/c1-2-5-15-10(14)11-6-8(7-11)3-4-9(12)13/h2,8H,1,3-7H2,(H,12,13). The van der Waals surface area contributed by atoms with Gasteiger partial charge in [-0.2, -0.15) is 0 Å². The molecule has 1 rings (SSSR count). The molecular weight excluding hydrogens is 198 g/mol. The van der Waals surface area contributed by atoms with E-state index in [2.05, 4.69) is 6.58 Å². The second-order valence-electron chi connectivity index (χ2n) is 3.57. The Bertz CT molecular complexity index is 258. The predicted molar refractivity (Wildman–Crippen MR) is 53.5 cm³/mol. The van der Waals surface area contributed by atoms with Crippen molar-refractivity contribution in [1.82, 2.24) is 4.90 Å². The summed E-state index contributed by atoms with van der Waals surface area (Å²) in [6, 6.07) is 0. The van der Waals surface area contributed by atoms with E-state index in [0.29, 0.717) is 25.4 Å². The molecule has 0 unspecified atom stereocenters. The lowest BCUT2D eigenvalue weighted by Gasteiger charge is -2.38. The third kappa shape index (κ3) is 3.61. The summed E-state index contributed by atoms with van der Waals surface area (Å²) in [5.74, 6) is -0.486. The van der Waals surface area contributed by atoms with Crippen LogP contribution in [-0.2, 0) is 9.53 Å². The van der Waals surface area contributed by atoms with Crippen LogP contribution >= 0.6 is 0 Å². The van der Waals surface area contributed by atoms with Crippen LogP contribution in [0.2, 0.25) is 0 Å². The molecule has 1 aliphatic heterocycles. The number of rotatable bonds is 5. The average Bonchev–Trinajstić information content (AvgIpc) is 2.11. The summed E-state index contributed by atoms with van der Waals surface area (Å²) in [4.78, 5) is 23.1. The molecule has 1 amide bonds. The Hall–Kier alpha value is -1.52. The zero-order chi connectivity index (χ0) is 11.3. The molecular formula is C10H15NO4. The van der Waals surface area contributed by atoms with Crippen LogP contribution < -0.4 is 0 Å². The highest BCUT2D eigenvalue weighted by Crippen LogP contribution is 2.21. The minimum atomic E-state index is -0.789. The third-order valence-electron chi connectivity index (χ3n) is 2.31. The van der Waals surface area contributed by atoms with Gasteiger partial charge in [0.25, 0.3) is 0 Å². The van der Waals surface area contributed by atoms with Crippen molar-refractivity contribution in [2.75, 3.05) is 19.7 Å². The van der Waals surface area contributed by atoms with Crippen LogP contribution in [-0.4, -0.2) is 41.8 Å². The molecule has 0 aromatic carbocycles. The molecule has 0 spiro atoms. The Morgan fingerprint density at radius 2 is 2.20 bits per heavy atom. The van der Waals surface area contributed by atoms with Gasteiger partial charge in [-0.3, -0.25) is 4.79 Å². The predicted octanol–water partition coefficient (Wildman–Crippen LogP) is 1.11. The number of nitrogens with zero attached hydrogens (tertiary/aromatic N) is 1. The van der Waals surface area contributed by atoms with E-state index in [0.717, 1.165) is 0 Å². The highest BCUT2D eigenvalue weighted by atomic mass is 16.6. The van der Waals surface area contributed by atoms with Crippen LogP contribution in [0, 0.1) is 5.92 Å². The van der Waals surface area contributed by atoms with Crippen molar-refractivity contribution in [1.29, 1.82) is 0 Å². The van der Waals surface area contributed by atoms with Gasteiger partial charge in [-0.15, -0.1) is 0 Å². The monoisotopic (exact) mass is 213 g/mol. The number of hydrogen-bond acceptors (Lipinski definition) is 3. The first kappa shape index (κ1) is 11.6. The number of ether oxygens (including phenoxy) is 1. The number of aliphatic carboxylic acids is 1. The number of carboxylic acids is 1. The molecule has 0 atom stereocenters. The van der Waals surface area contributed by atoms with Gasteiger partial charge in [-0.05, 0) is 12.3 Å². The maximum atomic E-state index is 11.2. The molecule has 1 N–H and O–H groups in total. The molecule has 15 heavy (non-hydrogen) atoms. The van der Waals surface area contributed by atoms with Gasteiger partial charge in [0.1, 0.15) is 6.61 Å². The van der Waals surface area contributed by atoms with E-state index in [1.807, 2.05) is 0 Å². The maximum Gasteiger partial charge on any atom is 0.410 e. The number of amides is 1. The molecule has 5 heteroatoms. The second-order valence-corrected chi connectivity index (χ2v) is 3.57. The Morgan fingerprint density at radius 3 is 2.73 bits per heavy atom. The van der Waals surface area contributed by atoms with Crippen LogP contribution in [0.25, 0.3) is 0 Å². The fourth-order valence-corrected chi connectivity index (χ4v) is 1.45. The molecule has 0 aliphatic carbocycles. The summed E-state index contributed by atoms with van der Waals surface area (Å²) in [6.07, 6.45) is 1.96. The molecule has 0 bridgehead atoms. The van der Waals surface area contributed by atoms with Gasteiger partial charge in [0.2, 0.25) is 0 Å². The molecule has 1 heterocycles. The van der Waals surface area contributed by atoms with E-state index < -0.39 is 5.97 Å². The minimum Gasteiger partial charge on any atom is -0.481 e. The van der Waals surface area contributed by atoms with E-state index in [1.165, 1.54) is 6.08 Å². The van der Waals surface area contributed by atoms with Crippen molar-refractivity contribution in [3.05, 3.63) is 12.7 Å². The normalized spacial score (nSPS) is 15.6. The summed E-state index contributed by atoms with van der Waals surface area (Å²) in [5.41, 5.74) is 0. The van der Waals surface area contributed by atoms with Gasteiger partial charge in [-0.1, -0.05) is 12.7 Å². The van der Waals surface area contributed by atoms with Crippen molar-refractivity contribution in [3.63, 3.8) is 0 Å². The van der Waals surface area contributed by atoms with Crippen molar-refractivity contribution >= 4 is 12.1 Å². The fraction of sp³-hybridized carbons (Fsp3) is 0.600. The molecule has 0 aromatic heterocycles. The highest BCUT2D eigenvalue weighted by molar-refractivity contribution is 5.69. The Labute approximate surface area is 88.3 Å². The minimum absolute atomic E-state index is 0.167. The number of carboxylic acid groups (broad SMARTS) is 1. The number of hydrogen-bond donors (Lipinski definition) is 1. The molecule has 5 nitrogen and oxygen atoms in total. The van der Waals surface area contributed by atoms with Gasteiger partial charge in [0.15, 0.2) is 0 Å². The molecule has 0 aromatic rings. The third-order valence-corrected chi connectivity index (χ3v) is 2.31. The SMILES string of the molecule is C=CCOC(=O)N1CC(CCC(=O)O)C1. The van der Waals surface area contributed by atoms with E-state index in [9.17, 15) is 9.59 Å². The largest absolute Gasteiger partial charge is 0.481 e. The summed E-state index contributed by atoms with van der Waals surface area (Å²) in [6.45, 7) is 4.86. The molecule has 1 saturated heterocycles. The Kier molecular flexibility index (Phi) is 4.15. The first-order valence-electron chi connectivity index (χ1n) is 4.88. The van der Waals surface area contributed by atoms with Crippen LogP contribution in [0.15, 0.2) is 12.7 Å². The Morgan fingerprint density at radius 1 is 1.53 bits per heavy atom. The quantitative estimate of drug-likeness (QED) is 0.694. The lowest BCUT2D eigenvalue weighted by atomic mass is 9.95. The lowest BCUT2D eigenvalue weighted by molar-refractivity contribution is -0.137. The maximum absolute atomic E-state index is 11.2. The fourth-order valence-electron chi connectivity index (χ4n) is 1.45. The number of carbonyl (C=O) groups excluding carboxylic acids is 1. The molecule has 0 radical (unpaired) electrons. The van der Waals surface area contributed by atoms with Crippen LogP contribution in [0.4, 0.5) is 4.79 Å². The van der Waals surface area contributed by atoms with Gasteiger partial charge in [0, 0.05) is 19.5 Å².